The lowest BCUT2D eigenvalue weighted by Crippen LogP contribution is -2.04. The molecule has 0 aliphatic heterocycles. The molecule has 0 unspecified atom stereocenters. The van der Waals surface area contributed by atoms with E-state index < -0.39 is 11.7 Å². The smallest absolute Gasteiger partial charge is 0.392 e. The zero-order chi connectivity index (χ0) is 13.9. The molecule has 0 amide bonds. The maximum absolute atomic E-state index is 12.4. The van der Waals surface area contributed by atoms with Gasteiger partial charge in [-0.1, -0.05) is 12.1 Å². The molecule has 0 bridgehead atoms. The second kappa shape index (κ2) is 5.32. The van der Waals surface area contributed by atoms with Gasteiger partial charge in [0.05, 0.1) is 12.2 Å². The molecule has 2 aromatic carbocycles. The van der Waals surface area contributed by atoms with E-state index in [4.69, 9.17) is 5.11 Å². The van der Waals surface area contributed by atoms with Gasteiger partial charge in [-0.15, -0.1) is 0 Å². The van der Waals surface area contributed by atoms with Crippen molar-refractivity contribution in [2.24, 2.45) is 0 Å². The standard InChI is InChI=1S/C14H12F3NO/c15-14(16,17)11-4-6-12(7-5-11)18-13-3-1-2-10(8-13)9-19/h1-8,18-19H,9H2. The highest BCUT2D eigenvalue weighted by atomic mass is 19.4. The molecular formula is C14H12F3NO. The van der Waals surface area contributed by atoms with Crippen LogP contribution in [0.25, 0.3) is 0 Å². The molecule has 0 aliphatic rings. The fourth-order valence-corrected chi connectivity index (χ4v) is 1.66. The second-order valence-electron chi connectivity index (χ2n) is 4.06. The van der Waals surface area contributed by atoms with Gasteiger partial charge in [-0.05, 0) is 42.0 Å². The molecule has 0 spiro atoms. The third kappa shape index (κ3) is 3.48. The van der Waals surface area contributed by atoms with Crippen LogP contribution in [-0.2, 0) is 12.8 Å². The van der Waals surface area contributed by atoms with Crippen molar-refractivity contribution in [1.82, 2.24) is 0 Å². The number of nitrogens with one attached hydrogen (secondary N) is 1. The van der Waals surface area contributed by atoms with Crippen LogP contribution in [0.5, 0.6) is 0 Å². The molecule has 2 N–H and O–H groups in total. The van der Waals surface area contributed by atoms with E-state index in [-0.39, 0.29) is 6.61 Å². The van der Waals surface area contributed by atoms with E-state index in [1.165, 1.54) is 12.1 Å². The number of rotatable bonds is 3. The van der Waals surface area contributed by atoms with Gasteiger partial charge in [-0.25, -0.2) is 0 Å². The summed E-state index contributed by atoms with van der Waals surface area (Å²) < 4.78 is 37.2. The highest BCUT2D eigenvalue weighted by molar-refractivity contribution is 5.60. The summed E-state index contributed by atoms with van der Waals surface area (Å²) in [6.07, 6.45) is -4.32. The quantitative estimate of drug-likeness (QED) is 0.882. The van der Waals surface area contributed by atoms with Crippen LogP contribution in [0, 0.1) is 0 Å². The average Bonchev–Trinajstić information content (AvgIpc) is 2.38. The van der Waals surface area contributed by atoms with E-state index in [0.29, 0.717) is 11.4 Å². The Balaban J connectivity index is 2.15. The van der Waals surface area contributed by atoms with E-state index in [1.54, 1.807) is 24.3 Å². The molecule has 0 saturated carbocycles. The molecule has 5 heteroatoms. The van der Waals surface area contributed by atoms with Gasteiger partial charge in [0, 0.05) is 11.4 Å². The first kappa shape index (κ1) is 13.4. The molecule has 0 aromatic heterocycles. The monoisotopic (exact) mass is 267 g/mol. The van der Waals surface area contributed by atoms with E-state index in [1.807, 2.05) is 0 Å². The predicted octanol–water partition coefficient (Wildman–Crippen LogP) is 3.94. The fraction of sp³-hybridized carbons (Fsp3) is 0.143. The van der Waals surface area contributed by atoms with Crippen molar-refractivity contribution < 1.29 is 18.3 Å². The molecule has 19 heavy (non-hydrogen) atoms. The fourth-order valence-electron chi connectivity index (χ4n) is 1.66. The van der Waals surface area contributed by atoms with Crippen LogP contribution < -0.4 is 5.32 Å². The average molecular weight is 267 g/mol. The Morgan fingerprint density at radius 2 is 1.63 bits per heavy atom. The number of hydrogen-bond acceptors (Lipinski definition) is 2. The molecule has 0 heterocycles. The minimum atomic E-state index is -4.32. The van der Waals surface area contributed by atoms with Crippen LogP contribution in [-0.4, -0.2) is 5.11 Å². The summed E-state index contributed by atoms with van der Waals surface area (Å²) in [6, 6.07) is 11.8. The number of benzene rings is 2. The first-order valence-electron chi connectivity index (χ1n) is 5.63. The zero-order valence-electron chi connectivity index (χ0n) is 9.91. The van der Waals surface area contributed by atoms with Crippen LogP contribution >= 0.6 is 0 Å². The van der Waals surface area contributed by atoms with E-state index in [2.05, 4.69) is 5.32 Å². The largest absolute Gasteiger partial charge is 0.416 e. The van der Waals surface area contributed by atoms with Crippen molar-refractivity contribution in [3.8, 4) is 0 Å². The van der Waals surface area contributed by atoms with E-state index in [0.717, 1.165) is 17.7 Å². The van der Waals surface area contributed by atoms with Gasteiger partial charge in [-0.2, -0.15) is 13.2 Å². The summed E-state index contributed by atoms with van der Waals surface area (Å²) in [6.45, 7) is -0.0808. The topological polar surface area (TPSA) is 32.3 Å². The molecular weight excluding hydrogens is 255 g/mol. The number of aliphatic hydroxyl groups is 1. The van der Waals surface area contributed by atoms with Crippen molar-refractivity contribution in [3.63, 3.8) is 0 Å². The summed E-state index contributed by atoms with van der Waals surface area (Å²) in [5.41, 5.74) is 1.33. The molecule has 2 aromatic rings. The third-order valence-corrected chi connectivity index (χ3v) is 2.61. The molecule has 0 radical (unpaired) electrons. The van der Waals surface area contributed by atoms with Gasteiger partial charge in [0.25, 0.3) is 0 Å². The Hall–Kier alpha value is -2.01. The summed E-state index contributed by atoms with van der Waals surface area (Å²) in [4.78, 5) is 0. The number of alkyl halides is 3. The SMILES string of the molecule is OCc1cccc(Nc2ccc(C(F)(F)F)cc2)c1. The van der Waals surface area contributed by atoms with Crippen LogP contribution in [0.15, 0.2) is 48.5 Å². The van der Waals surface area contributed by atoms with Gasteiger partial charge in [-0.3, -0.25) is 0 Å². The maximum Gasteiger partial charge on any atom is 0.416 e. The highest BCUT2D eigenvalue weighted by Crippen LogP contribution is 2.30. The van der Waals surface area contributed by atoms with Gasteiger partial charge in [0.15, 0.2) is 0 Å². The summed E-state index contributed by atoms with van der Waals surface area (Å²) in [5, 5.41) is 12.0. The lowest BCUT2D eigenvalue weighted by Gasteiger charge is -2.10. The van der Waals surface area contributed by atoms with E-state index in [9.17, 15) is 13.2 Å². The Morgan fingerprint density at radius 1 is 0.947 bits per heavy atom. The van der Waals surface area contributed by atoms with Crippen molar-refractivity contribution >= 4 is 11.4 Å². The van der Waals surface area contributed by atoms with Crippen LogP contribution in [0.3, 0.4) is 0 Å². The summed E-state index contributed by atoms with van der Waals surface area (Å²) >= 11 is 0. The Labute approximate surface area is 108 Å². The van der Waals surface area contributed by atoms with Crippen molar-refractivity contribution in [2.75, 3.05) is 5.32 Å². The Bertz CT molecular complexity index is 549. The Kier molecular flexibility index (Phi) is 3.76. The molecule has 0 aliphatic carbocycles. The lowest BCUT2D eigenvalue weighted by molar-refractivity contribution is -0.137. The molecule has 0 saturated heterocycles. The van der Waals surface area contributed by atoms with Crippen LogP contribution in [0.2, 0.25) is 0 Å². The van der Waals surface area contributed by atoms with Gasteiger partial charge < -0.3 is 10.4 Å². The predicted molar refractivity (Wildman–Crippen MR) is 67.1 cm³/mol. The lowest BCUT2D eigenvalue weighted by atomic mass is 10.2. The van der Waals surface area contributed by atoms with Crippen molar-refractivity contribution in [2.45, 2.75) is 12.8 Å². The molecule has 0 atom stereocenters. The maximum atomic E-state index is 12.4. The van der Waals surface area contributed by atoms with Crippen molar-refractivity contribution in [1.29, 1.82) is 0 Å². The van der Waals surface area contributed by atoms with E-state index >= 15 is 0 Å². The minimum Gasteiger partial charge on any atom is -0.392 e. The Morgan fingerprint density at radius 3 is 2.21 bits per heavy atom. The van der Waals surface area contributed by atoms with Crippen LogP contribution in [0.4, 0.5) is 24.5 Å². The van der Waals surface area contributed by atoms with Crippen LogP contribution in [0.1, 0.15) is 11.1 Å². The second-order valence-corrected chi connectivity index (χ2v) is 4.06. The normalized spacial score (nSPS) is 11.4. The highest BCUT2D eigenvalue weighted by Gasteiger charge is 2.29. The van der Waals surface area contributed by atoms with Crippen molar-refractivity contribution in [3.05, 3.63) is 59.7 Å². The first-order chi connectivity index (χ1) is 8.99. The number of halogens is 3. The number of anilines is 2. The summed E-state index contributed by atoms with van der Waals surface area (Å²) in [5.74, 6) is 0. The van der Waals surface area contributed by atoms with Gasteiger partial charge >= 0.3 is 6.18 Å². The zero-order valence-corrected chi connectivity index (χ0v) is 9.91. The number of aliphatic hydroxyl groups excluding tert-OH is 1. The molecule has 100 valence electrons. The number of hydrogen-bond donors (Lipinski definition) is 2. The minimum absolute atomic E-state index is 0.0808. The summed E-state index contributed by atoms with van der Waals surface area (Å²) in [7, 11) is 0. The third-order valence-electron chi connectivity index (χ3n) is 2.61. The molecule has 2 rings (SSSR count). The van der Waals surface area contributed by atoms with Gasteiger partial charge in [0.1, 0.15) is 0 Å². The van der Waals surface area contributed by atoms with Gasteiger partial charge in [0.2, 0.25) is 0 Å². The first-order valence-corrected chi connectivity index (χ1v) is 5.63. The molecule has 2 nitrogen and oxygen atoms in total. The molecule has 0 fully saturated rings.